The molecule has 88 valence electrons. The van der Waals surface area contributed by atoms with Crippen LogP contribution in [0.5, 0.6) is 0 Å². The minimum Gasteiger partial charge on any atom is -0.469 e. The van der Waals surface area contributed by atoms with Crippen molar-refractivity contribution < 1.29 is 9.21 Å². The molecule has 2 rings (SSSR count). The highest BCUT2D eigenvalue weighted by molar-refractivity contribution is 6.05. The number of anilines is 1. The Labute approximate surface area is 100 Å². The molecule has 0 aliphatic rings. The summed E-state index contributed by atoms with van der Waals surface area (Å²) >= 11 is 0. The van der Waals surface area contributed by atoms with E-state index in [0.717, 1.165) is 16.8 Å². The number of benzene rings is 1. The van der Waals surface area contributed by atoms with Gasteiger partial charge in [0, 0.05) is 5.69 Å². The monoisotopic (exact) mass is 229 g/mol. The third kappa shape index (κ3) is 2.23. The summed E-state index contributed by atoms with van der Waals surface area (Å²) in [4.78, 5) is 12.0. The van der Waals surface area contributed by atoms with E-state index in [2.05, 4.69) is 5.32 Å². The van der Waals surface area contributed by atoms with Crippen LogP contribution in [-0.4, -0.2) is 5.91 Å². The molecular weight excluding hydrogens is 214 g/mol. The molecule has 0 unspecified atom stereocenters. The third-order valence-corrected chi connectivity index (χ3v) is 2.96. The van der Waals surface area contributed by atoms with E-state index in [1.54, 1.807) is 13.0 Å². The molecule has 1 heterocycles. The van der Waals surface area contributed by atoms with Crippen molar-refractivity contribution in [2.45, 2.75) is 20.8 Å². The van der Waals surface area contributed by atoms with Crippen molar-refractivity contribution in [3.8, 4) is 0 Å². The first-order valence-electron chi connectivity index (χ1n) is 5.51. The lowest BCUT2D eigenvalue weighted by Crippen LogP contribution is -2.13. The normalized spacial score (nSPS) is 10.3. The SMILES string of the molecule is Cc1cccc(NC(=O)c2ccoc2C)c1C. The predicted molar refractivity (Wildman–Crippen MR) is 67.3 cm³/mol. The Hall–Kier alpha value is -2.03. The van der Waals surface area contributed by atoms with E-state index in [0.29, 0.717) is 11.3 Å². The van der Waals surface area contributed by atoms with E-state index in [1.165, 1.54) is 6.26 Å². The smallest absolute Gasteiger partial charge is 0.259 e. The van der Waals surface area contributed by atoms with Gasteiger partial charge in [-0.05, 0) is 44.0 Å². The lowest BCUT2D eigenvalue weighted by atomic mass is 10.1. The first-order chi connectivity index (χ1) is 8.09. The van der Waals surface area contributed by atoms with E-state index in [4.69, 9.17) is 4.42 Å². The molecule has 0 radical (unpaired) electrons. The van der Waals surface area contributed by atoms with Crippen LogP contribution in [0.3, 0.4) is 0 Å². The second-order valence-corrected chi connectivity index (χ2v) is 4.09. The van der Waals surface area contributed by atoms with Crippen molar-refractivity contribution in [3.63, 3.8) is 0 Å². The van der Waals surface area contributed by atoms with Crippen molar-refractivity contribution in [2.24, 2.45) is 0 Å². The van der Waals surface area contributed by atoms with Gasteiger partial charge in [-0.25, -0.2) is 0 Å². The zero-order valence-corrected chi connectivity index (χ0v) is 10.2. The summed E-state index contributed by atoms with van der Waals surface area (Å²) in [6.07, 6.45) is 1.52. The Morgan fingerprint density at radius 3 is 2.59 bits per heavy atom. The molecule has 0 saturated carbocycles. The van der Waals surface area contributed by atoms with Gasteiger partial charge in [0.25, 0.3) is 5.91 Å². The third-order valence-electron chi connectivity index (χ3n) is 2.96. The number of hydrogen-bond donors (Lipinski definition) is 1. The van der Waals surface area contributed by atoms with Gasteiger partial charge >= 0.3 is 0 Å². The van der Waals surface area contributed by atoms with Crippen molar-refractivity contribution in [1.82, 2.24) is 0 Å². The van der Waals surface area contributed by atoms with Gasteiger partial charge in [0.15, 0.2) is 0 Å². The molecule has 0 fully saturated rings. The van der Waals surface area contributed by atoms with Crippen LogP contribution < -0.4 is 5.32 Å². The molecule has 0 aliphatic heterocycles. The van der Waals surface area contributed by atoms with E-state index < -0.39 is 0 Å². The van der Waals surface area contributed by atoms with Crippen LogP contribution in [-0.2, 0) is 0 Å². The van der Waals surface area contributed by atoms with Gasteiger partial charge in [0.2, 0.25) is 0 Å². The Kier molecular flexibility index (Phi) is 3.00. The van der Waals surface area contributed by atoms with Crippen LogP contribution in [0.2, 0.25) is 0 Å². The molecular formula is C14H15NO2. The van der Waals surface area contributed by atoms with Gasteiger partial charge in [-0.3, -0.25) is 4.79 Å². The second-order valence-electron chi connectivity index (χ2n) is 4.09. The zero-order valence-electron chi connectivity index (χ0n) is 10.2. The van der Waals surface area contributed by atoms with Gasteiger partial charge in [-0.2, -0.15) is 0 Å². The van der Waals surface area contributed by atoms with E-state index >= 15 is 0 Å². The van der Waals surface area contributed by atoms with Crippen LogP contribution in [0, 0.1) is 20.8 Å². The molecule has 1 amide bonds. The molecule has 0 spiro atoms. The number of carbonyl (C=O) groups is 1. The van der Waals surface area contributed by atoms with Gasteiger partial charge < -0.3 is 9.73 Å². The average molecular weight is 229 g/mol. The van der Waals surface area contributed by atoms with E-state index in [-0.39, 0.29) is 5.91 Å². The molecule has 1 aromatic carbocycles. The summed E-state index contributed by atoms with van der Waals surface area (Å²) in [5.41, 5.74) is 3.66. The van der Waals surface area contributed by atoms with Crippen molar-refractivity contribution in [2.75, 3.05) is 5.32 Å². The lowest BCUT2D eigenvalue weighted by Gasteiger charge is -2.09. The number of rotatable bonds is 2. The van der Waals surface area contributed by atoms with Crippen LogP contribution >= 0.6 is 0 Å². The molecule has 0 atom stereocenters. The minimum absolute atomic E-state index is 0.134. The van der Waals surface area contributed by atoms with E-state index in [1.807, 2.05) is 32.0 Å². The number of furan rings is 1. The molecule has 0 bridgehead atoms. The Morgan fingerprint density at radius 1 is 1.18 bits per heavy atom. The fourth-order valence-corrected chi connectivity index (χ4v) is 1.70. The first-order valence-corrected chi connectivity index (χ1v) is 5.51. The van der Waals surface area contributed by atoms with Crippen LogP contribution in [0.1, 0.15) is 27.2 Å². The van der Waals surface area contributed by atoms with Gasteiger partial charge in [0.05, 0.1) is 11.8 Å². The lowest BCUT2D eigenvalue weighted by molar-refractivity contribution is 0.102. The Balaban J connectivity index is 2.25. The van der Waals surface area contributed by atoms with Gasteiger partial charge in [-0.1, -0.05) is 12.1 Å². The molecule has 17 heavy (non-hydrogen) atoms. The molecule has 1 aromatic heterocycles. The summed E-state index contributed by atoms with van der Waals surface area (Å²) in [5.74, 6) is 0.498. The summed E-state index contributed by atoms with van der Waals surface area (Å²) in [5, 5.41) is 2.90. The largest absolute Gasteiger partial charge is 0.469 e. The number of nitrogens with one attached hydrogen (secondary N) is 1. The Morgan fingerprint density at radius 2 is 1.94 bits per heavy atom. The Bertz CT molecular complexity index is 555. The van der Waals surface area contributed by atoms with Crippen LogP contribution in [0.15, 0.2) is 34.9 Å². The fourth-order valence-electron chi connectivity index (χ4n) is 1.70. The topological polar surface area (TPSA) is 42.2 Å². The maximum Gasteiger partial charge on any atom is 0.259 e. The minimum atomic E-state index is -0.134. The number of amides is 1. The standard InChI is InChI=1S/C14H15NO2/c1-9-5-4-6-13(10(9)2)15-14(16)12-7-8-17-11(12)3/h4-8H,1-3H3,(H,15,16). The summed E-state index contributed by atoms with van der Waals surface area (Å²) in [7, 11) is 0. The summed E-state index contributed by atoms with van der Waals surface area (Å²) in [6.45, 7) is 5.79. The van der Waals surface area contributed by atoms with Crippen LogP contribution in [0.4, 0.5) is 5.69 Å². The predicted octanol–water partition coefficient (Wildman–Crippen LogP) is 3.46. The molecule has 3 nitrogen and oxygen atoms in total. The van der Waals surface area contributed by atoms with Gasteiger partial charge in [-0.15, -0.1) is 0 Å². The fraction of sp³-hybridized carbons (Fsp3) is 0.214. The highest BCUT2D eigenvalue weighted by atomic mass is 16.3. The molecule has 0 saturated heterocycles. The van der Waals surface area contributed by atoms with Crippen LogP contribution in [0.25, 0.3) is 0 Å². The number of aryl methyl sites for hydroxylation is 2. The highest BCUT2D eigenvalue weighted by Gasteiger charge is 2.12. The molecule has 0 aliphatic carbocycles. The maximum absolute atomic E-state index is 12.0. The molecule has 2 aromatic rings. The number of hydrogen-bond acceptors (Lipinski definition) is 2. The highest BCUT2D eigenvalue weighted by Crippen LogP contribution is 2.19. The number of carbonyl (C=O) groups excluding carboxylic acids is 1. The quantitative estimate of drug-likeness (QED) is 0.856. The average Bonchev–Trinajstić information content (AvgIpc) is 2.71. The second kappa shape index (κ2) is 4.45. The molecule has 1 N–H and O–H groups in total. The first kappa shape index (κ1) is 11.5. The van der Waals surface area contributed by atoms with Gasteiger partial charge in [0.1, 0.15) is 5.76 Å². The maximum atomic E-state index is 12.0. The van der Waals surface area contributed by atoms with Crippen molar-refractivity contribution in [3.05, 3.63) is 53.0 Å². The van der Waals surface area contributed by atoms with Crippen molar-refractivity contribution >= 4 is 11.6 Å². The summed E-state index contributed by atoms with van der Waals surface area (Å²) in [6, 6.07) is 7.53. The molecule has 3 heteroatoms. The summed E-state index contributed by atoms with van der Waals surface area (Å²) < 4.78 is 5.12. The zero-order chi connectivity index (χ0) is 12.4. The van der Waals surface area contributed by atoms with Crippen molar-refractivity contribution in [1.29, 1.82) is 0 Å². The van der Waals surface area contributed by atoms with E-state index in [9.17, 15) is 4.79 Å².